The lowest BCUT2D eigenvalue weighted by molar-refractivity contribution is 0.0981. The average molecular weight is 330 g/mol. The molecule has 0 aliphatic rings. The van der Waals surface area contributed by atoms with Gasteiger partial charge in [-0.1, -0.05) is 15.9 Å². The van der Waals surface area contributed by atoms with Crippen LogP contribution >= 0.6 is 15.9 Å². The zero-order chi connectivity index (χ0) is 14.0. The third-order valence-corrected chi connectivity index (χ3v) is 3.06. The van der Waals surface area contributed by atoms with E-state index in [9.17, 15) is 13.6 Å². The zero-order valence-corrected chi connectivity index (χ0v) is 11.6. The molecule has 0 N–H and O–H groups in total. The minimum Gasteiger partial charge on any atom is -0.293 e. The molecule has 0 unspecified atom stereocenters. The Morgan fingerprint density at radius 2 is 2.00 bits per heavy atom. The summed E-state index contributed by atoms with van der Waals surface area (Å²) in [6, 6.07) is 2.11. The van der Waals surface area contributed by atoms with Gasteiger partial charge in [0.05, 0.1) is 12.0 Å². The van der Waals surface area contributed by atoms with Crippen molar-refractivity contribution in [1.82, 2.24) is 14.8 Å². The van der Waals surface area contributed by atoms with Crippen LogP contribution in [0.5, 0.6) is 0 Å². The van der Waals surface area contributed by atoms with Crippen molar-refractivity contribution in [3.8, 4) is 0 Å². The van der Waals surface area contributed by atoms with Crippen LogP contribution in [-0.4, -0.2) is 20.5 Å². The van der Waals surface area contributed by atoms with E-state index in [0.717, 1.165) is 12.1 Å². The van der Waals surface area contributed by atoms with E-state index in [4.69, 9.17) is 0 Å². The predicted octanol–water partition coefficient (Wildman–Crippen LogP) is 2.76. The van der Waals surface area contributed by atoms with E-state index < -0.39 is 23.0 Å². The molecular weight excluding hydrogens is 320 g/mol. The van der Waals surface area contributed by atoms with Crippen molar-refractivity contribution in [2.75, 3.05) is 0 Å². The highest BCUT2D eigenvalue weighted by molar-refractivity contribution is 9.10. The summed E-state index contributed by atoms with van der Waals surface area (Å²) in [6.45, 7) is 2.37. The molecule has 2 aromatic rings. The monoisotopic (exact) mass is 329 g/mol. The first-order chi connectivity index (χ1) is 9.02. The van der Waals surface area contributed by atoms with Gasteiger partial charge in [-0.05, 0) is 19.1 Å². The quantitative estimate of drug-likeness (QED) is 0.810. The molecule has 0 aliphatic carbocycles. The molecule has 1 aromatic heterocycles. The number of Topliss-reactive ketones (excluding diaryl/α,β-unsaturated/α-hetero) is 1. The molecule has 0 atom stereocenters. The summed E-state index contributed by atoms with van der Waals surface area (Å²) in [4.78, 5) is 15.9. The minimum atomic E-state index is -0.889. The van der Waals surface area contributed by atoms with E-state index in [1.807, 2.05) is 6.92 Å². The standard InChI is InChI=1S/C12H10BrF2N3O/c1-2-18-11(16-6-17-18)5-10(19)12-8(14)3-7(13)4-9(12)15/h3-4,6H,2,5H2,1H3. The van der Waals surface area contributed by atoms with Gasteiger partial charge in [0.1, 0.15) is 23.8 Å². The van der Waals surface area contributed by atoms with Crippen LogP contribution in [0.3, 0.4) is 0 Å². The van der Waals surface area contributed by atoms with Gasteiger partial charge in [-0.3, -0.25) is 4.79 Å². The first-order valence-electron chi connectivity index (χ1n) is 5.57. The topological polar surface area (TPSA) is 47.8 Å². The Morgan fingerprint density at radius 1 is 1.37 bits per heavy atom. The average Bonchev–Trinajstić information content (AvgIpc) is 2.74. The second-order valence-corrected chi connectivity index (χ2v) is 4.75. The lowest BCUT2D eigenvalue weighted by Crippen LogP contribution is -2.13. The summed E-state index contributed by atoms with van der Waals surface area (Å²) in [6.07, 6.45) is 1.11. The van der Waals surface area contributed by atoms with Gasteiger partial charge in [-0.25, -0.2) is 18.4 Å². The maximum atomic E-state index is 13.6. The van der Waals surface area contributed by atoms with Crippen molar-refractivity contribution in [2.24, 2.45) is 0 Å². The lowest BCUT2D eigenvalue weighted by Gasteiger charge is -2.05. The second-order valence-electron chi connectivity index (χ2n) is 3.84. The van der Waals surface area contributed by atoms with Gasteiger partial charge in [0.2, 0.25) is 0 Å². The maximum Gasteiger partial charge on any atom is 0.176 e. The number of ketones is 1. The van der Waals surface area contributed by atoms with Crippen LogP contribution in [-0.2, 0) is 13.0 Å². The minimum absolute atomic E-state index is 0.191. The molecule has 0 amide bonds. The van der Waals surface area contributed by atoms with Gasteiger partial charge in [0, 0.05) is 11.0 Å². The van der Waals surface area contributed by atoms with Crippen LogP contribution in [0.25, 0.3) is 0 Å². The Morgan fingerprint density at radius 3 is 2.58 bits per heavy atom. The molecule has 0 radical (unpaired) electrons. The van der Waals surface area contributed by atoms with E-state index >= 15 is 0 Å². The van der Waals surface area contributed by atoms with Crippen LogP contribution < -0.4 is 0 Å². The second kappa shape index (κ2) is 5.56. The highest BCUT2D eigenvalue weighted by atomic mass is 79.9. The molecular formula is C12H10BrF2N3O. The van der Waals surface area contributed by atoms with Gasteiger partial charge in [-0.2, -0.15) is 5.10 Å². The van der Waals surface area contributed by atoms with Crippen molar-refractivity contribution < 1.29 is 13.6 Å². The number of carbonyl (C=O) groups is 1. The van der Waals surface area contributed by atoms with Gasteiger partial charge >= 0.3 is 0 Å². The maximum absolute atomic E-state index is 13.6. The molecule has 1 heterocycles. The Hall–Kier alpha value is -1.63. The van der Waals surface area contributed by atoms with Crippen molar-refractivity contribution >= 4 is 21.7 Å². The highest BCUT2D eigenvalue weighted by Crippen LogP contribution is 2.20. The van der Waals surface area contributed by atoms with Crippen molar-refractivity contribution in [3.63, 3.8) is 0 Å². The van der Waals surface area contributed by atoms with Crippen LogP contribution in [0.15, 0.2) is 22.9 Å². The van der Waals surface area contributed by atoms with Crippen molar-refractivity contribution in [1.29, 1.82) is 0 Å². The normalized spacial score (nSPS) is 10.7. The summed E-state index contributed by atoms with van der Waals surface area (Å²) >= 11 is 2.96. The fourth-order valence-electron chi connectivity index (χ4n) is 1.73. The molecule has 0 bridgehead atoms. The molecule has 7 heteroatoms. The first-order valence-corrected chi connectivity index (χ1v) is 6.36. The third-order valence-electron chi connectivity index (χ3n) is 2.60. The molecule has 19 heavy (non-hydrogen) atoms. The number of carbonyl (C=O) groups excluding carboxylic acids is 1. The molecule has 1 aromatic carbocycles. The van der Waals surface area contributed by atoms with E-state index in [1.54, 1.807) is 0 Å². The number of hydrogen-bond acceptors (Lipinski definition) is 3. The molecule has 0 spiro atoms. The number of nitrogens with zero attached hydrogens (tertiary/aromatic N) is 3. The SMILES string of the molecule is CCn1ncnc1CC(=O)c1c(F)cc(Br)cc1F. The van der Waals surface area contributed by atoms with Gasteiger partial charge in [-0.15, -0.1) is 0 Å². The van der Waals surface area contributed by atoms with E-state index in [1.165, 1.54) is 11.0 Å². The van der Waals surface area contributed by atoms with E-state index in [-0.39, 0.29) is 10.9 Å². The van der Waals surface area contributed by atoms with Crippen LogP contribution in [0.2, 0.25) is 0 Å². The molecule has 0 aliphatic heterocycles. The third kappa shape index (κ3) is 2.86. The summed E-state index contributed by atoms with van der Waals surface area (Å²) in [5, 5.41) is 3.90. The zero-order valence-electron chi connectivity index (χ0n) is 10.0. The Balaban J connectivity index is 2.31. The summed E-state index contributed by atoms with van der Waals surface area (Å²) < 4.78 is 29.0. The fraction of sp³-hybridized carbons (Fsp3) is 0.250. The van der Waals surface area contributed by atoms with E-state index in [2.05, 4.69) is 26.0 Å². The summed E-state index contributed by atoms with van der Waals surface area (Å²) in [5.74, 6) is -2.06. The number of aromatic nitrogens is 3. The largest absolute Gasteiger partial charge is 0.293 e. The molecule has 4 nitrogen and oxygen atoms in total. The van der Waals surface area contributed by atoms with E-state index in [0.29, 0.717) is 12.4 Å². The number of benzene rings is 1. The van der Waals surface area contributed by atoms with Gasteiger partial charge in [0.15, 0.2) is 5.78 Å². The molecule has 0 saturated carbocycles. The van der Waals surface area contributed by atoms with Crippen LogP contribution in [0.1, 0.15) is 23.1 Å². The molecule has 0 fully saturated rings. The summed E-state index contributed by atoms with van der Waals surface area (Å²) in [7, 11) is 0. The van der Waals surface area contributed by atoms with Crippen LogP contribution in [0, 0.1) is 11.6 Å². The summed E-state index contributed by atoms with van der Waals surface area (Å²) in [5.41, 5.74) is -0.547. The molecule has 0 saturated heterocycles. The number of halogens is 3. The smallest absolute Gasteiger partial charge is 0.176 e. The number of rotatable bonds is 4. The first kappa shape index (κ1) is 13.8. The van der Waals surface area contributed by atoms with Gasteiger partial charge < -0.3 is 0 Å². The van der Waals surface area contributed by atoms with Crippen molar-refractivity contribution in [3.05, 3.63) is 46.0 Å². The molecule has 2 rings (SSSR count). The van der Waals surface area contributed by atoms with Crippen LogP contribution in [0.4, 0.5) is 8.78 Å². The lowest BCUT2D eigenvalue weighted by atomic mass is 10.1. The Kier molecular flexibility index (Phi) is 4.04. The predicted molar refractivity (Wildman–Crippen MR) is 67.8 cm³/mol. The van der Waals surface area contributed by atoms with Crippen molar-refractivity contribution in [2.45, 2.75) is 19.9 Å². The highest BCUT2D eigenvalue weighted by Gasteiger charge is 2.20. The Bertz CT molecular complexity index is 604. The Labute approximate surface area is 116 Å². The number of aryl methyl sites for hydroxylation is 1. The number of hydrogen-bond donors (Lipinski definition) is 0. The van der Waals surface area contributed by atoms with Gasteiger partial charge in [0.25, 0.3) is 0 Å². The molecule has 100 valence electrons. The fourth-order valence-corrected chi connectivity index (χ4v) is 2.13.